The van der Waals surface area contributed by atoms with Crippen molar-refractivity contribution in [2.24, 2.45) is 7.05 Å². The molecular weight excluding hydrogens is 564 g/mol. The molecule has 0 aliphatic rings. The Morgan fingerprint density at radius 1 is 0.791 bits per heavy atom. The average Bonchev–Trinajstić information content (AvgIpc) is 3.36. The topological polar surface area (TPSA) is 93.7 Å². The highest BCUT2D eigenvalue weighted by atomic mass is 32.1. The number of aryl methyl sites for hydroxylation is 1. The van der Waals surface area contributed by atoms with E-state index in [-0.39, 0.29) is 18.4 Å². The molecule has 0 radical (unpaired) electrons. The fourth-order valence-corrected chi connectivity index (χ4v) is 6.01. The predicted molar refractivity (Wildman–Crippen MR) is 168 cm³/mol. The Bertz CT molecular complexity index is 1470. The first-order valence-corrected chi connectivity index (χ1v) is 15.9. The smallest absolute Gasteiger partial charge is 0.286 e. The van der Waals surface area contributed by atoms with Crippen LogP contribution in [0.3, 0.4) is 0 Å². The van der Waals surface area contributed by atoms with Crippen LogP contribution in [0.15, 0.2) is 60.8 Å². The molecule has 0 aliphatic carbocycles. The maximum atomic E-state index is 12.9. The van der Waals surface area contributed by atoms with Gasteiger partial charge in [-0.25, -0.2) is 4.57 Å². The Morgan fingerprint density at radius 2 is 1.42 bits per heavy atom. The molecule has 10 heteroatoms. The van der Waals surface area contributed by atoms with E-state index in [9.17, 15) is 9.59 Å². The van der Waals surface area contributed by atoms with Gasteiger partial charge in [0.15, 0.2) is 6.20 Å². The second-order valence-electron chi connectivity index (χ2n) is 10.3. The molecule has 0 atom stereocenters. The van der Waals surface area contributed by atoms with Gasteiger partial charge in [-0.3, -0.25) is 9.59 Å². The van der Waals surface area contributed by atoms with E-state index in [1.54, 1.807) is 11.3 Å². The third-order valence-electron chi connectivity index (χ3n) is 7.10. The summed E-state index contributed by atoms with van der Waals surface area (Å²) in [6.07, 6.45) is 5.34. The van der Waals surface area contributed by atoms with Crippen LogP contribution in [0.5, 0.6) is 0 Å². The van der Waals surface area contributed by atoms with Crippen molar-refractivity contribution >= 4 is 44.3 Å². The number of benzene rings is 2. The number of nitrogens with one attached hydrogen (secondary N) is 2. The molecule has 2 N–H and O–H groups in total. The molecule has 0 unspecified atom stereocenters. The SMILES string of the molecule is CCCCC(=O)NCCOCCOCCOCCNC(=O)C[n+]1c(Cc2cc[n+](C)c3ccccc23)sc2ccccc21. The van der Waals surface area contributed by atoms with Gasteiger partial charge in [-0.2, -0.15) is 4.57 Å². The summed E-state index contributed by atoms with van der Waals surface area (Å²) in [5.41, 5.74) is 3.49. The van der Waals surface area contributed by atoms with Gasteiger partial charge >= 0.3 is 0 Å². The summed E-state index contributed by atoms with van der Waals surface area (Å²) in [5.74, 6) is 0.0300. The van der Waals surface area contributed by atoms with E-state index in [0.29, 0.717) is 59.2 Å². The Balaban J connectivity index is 1.15. The van der Waals surface area contributed by atoms with Gasteiger partial charge in [0.05, 0.1) is 51.4 Å². The average molecular weight is 609 g/mol. The van der Waals surface area contributed by atoms with Crippen molar-refractivity contribution in [3.8, 4) is 0 Å². The minimum Gasteiger partial charge on any atom is -0.377 e. The molecule has 0 bridgehead atoms. The zero-order valence-corrected chi connectivity index (χ0v) is 26.1. The molecular formula is C33H44N4O5S+2. The molecule has 2 aromatic carbocycles. The molecule has 9 nitrogen and oxygen atoms in total. The first kappa shape index (κ1) is 32.5. The number of thiazole rings is 1. The number of ether oxygens (including phenoxy) is 3. The Morgan fingerprint density at radius 3 is 2.14 bits per heavy atom. The predicted octanol–water partition coefficient (Wildman–Crippen LogP) is 3.23. The number of amides is 2. The molecule has 4 aromatic rings. The van der Waals surface area contributed by atoms with Crippen LogP contribution >= 0.6 is 11.3 Å². The molecule has 2 heterocycles. The van der Waals surface area contributed by atoms with Crippen LogP contribution in [0.1, 0.15) is 36.8 Å². The minimum atomic E-state index is -0.0438. The van der Waals surface area contributed by atoms with Gasteiger partial charge in [0.1, 0.15) is 11.7 Å². The fourth-order valence-electron chi connectivity index (χ4n) is 4.82. The monoisotopic (exact) mass is 608 g/mol. The number of fused-ring (bicyclic) bond motifs is 2. The standard InChI is InChI=1S/C33H42N4O5S/c1-3-4-13-31(38)34-15-18-40-20-22-42-23-21-41-19-16-35-32(39)25-37-29-11-7-8-12-30(29)43-33(37)24-26-14-17-36(2)28-10-6-5-9-27(26)28/h5-12,14,17H,3-4,13,15-16,18-25H2,1-2H3/p+2. The number of unbranched alkanes of at least 4 members (excludes halogenated alkanes) is 1. The first-order valence-electron chi connectivity index (χ1n) is 15.1. The van der Waals surface area contributed by atoms with E-state index in [1.165, 1.54) is 21.2 Å². The van der Waals surface area contributed by atoms with Crippen molar-refractivity contribution in [3.05, 3.63) is 71.4 Å². The maximum Gasteiger partial charge on any atom is 0.286 e. The first-order chi connectivity index (χ1) is 21.1. The van der Waals surface area contributed by atoms with E-state index >= 15 is 0 Å². The van der Waals surface area contributed by atoms with Crippen LogP contribution in [0.2, 0.25) is 0 Å². The zero-order chi connectivity index (χ0) is 30.3. The number of aromatic nitrogens is 2. The van der Waals surface area contributed by atoms with E-state index in [0.717, 1.165) is 29.8 Å². The highest BCUT2D eigenvalue weighted by Crippen LogP contribution is 2.24. The van der Waals surface area contributed by atoms with Gasteiger partial charge in [-0.1, -0.05) is 48.9 Å². The number of hydrogen-bond acceptors (Lipinski definition) is 6. The molecule has 43 heavy (non-hydrogen) atoms. The summed E-state index contributed by atoms with van der Waals surface area (Å²) in [7, 11) is 2.06. The summed E-state index contributed by atoms with van der Waals surface area (Å²) in [5, 5.41) is 8.19. The van der Waals surface area contributed by atoms with E-state index < -0.39 is 0 Å². The number of nitrogens with zero attached hydrogens (tertiary/aromatic N) is 2. The van der Waals surface area contributed by atoms with Crippen molar-refractivity contribution in [1.82, 2.24) is 10.6 Å². The Labute approximate surface area is 257 Å². The summed E-state index contributed by atoms with van der Waals surface area (Å²) >= 11 is 1.74. The maximum absolute atomic E-state index is 12.9. The lowest BCUT2D eigenvalue weighted by Gasteiger charge is -2.08. The lowest BCUT2D eigenvalue weighted by molar-refractivity contribution is -0.661. The van der Waals surface area contributed by atoms with Crippen LogP contribution in [-0.4, -0.2) is 64.5 Å². The van der Waals surface area contributed by atoms with Crippen LogP contribution in [0.25, 0.3) is 21.1 Å². The van der Waals surface area contributed by atoms with Gasteiger partial charge in [0, 0.05) is 37.7 Å². The number of rotatable bonds is 19. The lowest BCUT2D eigenvalue weighted by Crippen LogP contribution is -2.45. The van der Waals surface area contributed by atoms with E-state index in [1.807, 2.05) is 12.1 Å². The lowest BCUT2D eigenvalue weighted by atomic mass is 10.1. The highest BCUT2D eigenvalue weighted by molar-refractivity contribution is 7.18. The van der Waals surface area contributed by atoms with Crippen molar-refractivity contribution in [2.75, 3.05) is 52.7 Å². The second kappa shape index (κ2) is 17.6. The van der Waals surface area contributed by atoms with Crippen LogP contribution in [0.4, 0.5) is 0 Å². The van der Waals surface area contributed by atoms with Gasteiger partial charge in [0.25, 0.3) is 5.91 Å². The normalized spacial score (nSPS) is 11.3. The van der Waals surface area contributed by atoms with E-state index in [2.05, 4.69) is 82.4 Å². The molecule has 0 saturated heterocycles. The number of pyridine rings is 1. The molecule has 2 amide bonds. The molecule has 2 aromatic heterocycles. The number of carbonyl (C=O) groups excluding carboxylic acids is 2. The number of para-hydroxylation sites is 2. The van der Waals surface area contributed by atoms with Crippen molar-refractivity contribution in [2.45, 2.75) is 39.2 Å². The molecule has 0 saturated carbocycles. The molecule has 0 aliphatic heterocycles. The van der Waals surface area contributed by atoms with Crippen LogP contribution in [0, 0.1) is 0 Å². The van der Waals surface area contributed by atoms with Gasteiger partial charge in [0.2, 0.25) is 28.5 Å². The van der Waals surface area contributed by atoms with Gasteiger partial charge in [-0.15, -0.1) is 0 Å². The Hall–Kier alpha value is -3.44. The third-order valence-corrected chi connectivity index (χ3v) is 8.26. The number of hydrogen-bond donors (Lipinski definition) is 2. The second-order valence-corrected chi connectivity index (χ2v) is 11.5. The Kier molecular flexibility index (Phi) is 13.3. The fraction of sp³-hybridized carbons (Fsp3) is 0.455. The molecule has 230 valence electrons. The van der Waals surface area contributed by atoms with Crippen LogP contribution < -0.4 is 19.8 Å². The minimum absolute atomic E-state index is 0.0438. The van der Waals surface area contributed by atoms with E-state index in [4.69, 9.17) is 14.2 Å². The summed E-state index contributed by atoms with van der Waals surface area (Å²) in [4.78, 5) is 24.5. The zero-order valence-electron chi connectivity index (χ0n) is 25.3. The summed E-state index contributed by atoms with van der Waals surface area (Å²) in [6.45, 7) is 6.00. The quantitative estimate of drug-likeness (QED) is 0.126. The van der Waals surface area contributed by atoms with Gasteiger partial charge < -0.3 is 24.8 Å². The van der Waals surface area contributed by atoms with Crippen LogP contribution in [-0.2, 0) is 43.8 Å². The largest absolute Gasteiger partial charge is 0.377 e. The molecule has 0 fully saturated rings. The number of carbonyl (C=O) groups is 2. The summed E-state index contributed by atoms with van der Waals surface area (Å²) in [6, 6.07) is 18.8. The third kappa shape index (κ3) is 10.1. The van der Waals surface area contributed by atoms with Crippen molar-refractivity contribution in [3.63, 3.8) is 0 Å². The molecule has 4 rings (SSSR count). The summed E-state index contributed by atoms with van der Waals surface area (Å²) < 4.78 is 22.0. The van der Waals surface area contributed by atoms with Crippen molar-refractivity contribution in [1.29, 1.82) is 0 Å². The van der Waals surface area contributed by atoms with Gasteiger partial charge in [-0.05, 0) is 24.1 Å². The molecule has 0 spiro atoms. The van der Waals surface area contributed by atoms with Crippen molar-refractivity contribution < 1.29 is 32.9 Å². The highest BCUT2D eigenvalue weighted by Gasteiger charge is 2.24.